The van der Waals surface area contributed by atoms with Crippen molar-refractivity contribution in [1.82, 2.24) is 14.8 Å². The van der Waals surface area contributed by atoms with Crippen LogP contribution in [0.3, 0.4) is 0 Å². The molecule has 0 spiro atoms. The molecule has 0 radical (unpaired) electrons. The summed E-state index contributed by atoms with van der Waals surface area (Å²) in [7, 11) is -3.35. The average molecular weight is 505 g/mol. The lowest BCUT2D eigenvalue weighted by molar-refractivity contribution is -0.113. The number of hydrogen-bond acceptors (Lipinski definition) is 8. The van der Waals surface area contributed by atoms with E-state index in [9.17, 15) is 18.3 Å². The molecule has 0 saturated carbocycles. The Balaban J connectivity index is 1.64. The molecule has 4 N–H and O–H groups in total. The summed E-state index contributed by atoms with van der Waals surface area (Å²) in [5.41, 5.74) is 2.58. The summed E-state index contributed by atoms with van der Waals surface area (Å²) in [6.07, 6.45) is 1.01. The van der Waals surface area contributed by atoms with Gasteiger partial charge in [0.1, 0.15) is 6.23 Å². The molecule has 0 aliphatic rings. The van der Waals surface area contributed by atoms with Crippen LogP contribution in [-0.2, 0) is 21.4 Å². The van der Waals surface area contributed by atoms with E-state index in [-0.39, 0.29) is 11.7 Å². The van der Waals surface area contributed by atoms with E-state index < -0.39 is 16.3 Å². The zero-order valence-electron chi connectivity index (χ0n) is 19.1. The number of carbonyl (C=O) groups excluding carboxylic acids is 1. The lowest BCUT2D eigenvalue weighted by Gasteiger charge is -2.13. The second-order valence-electron chi connectivity index (χ2n) is 7.49. The van der Waals surface area contributed by atoms with Gasteiger partial charge in [-0.25, -0.2) is 8.42 Å². The molecule has 0 aliphatic carbocycles. The number of aromatic nitrogens is 3. The number of thioether (sulfide) groups is 1. The van der Waals surface area contributed by atoms with Gasteiger partial charge >= 0.3 is 0 Å². The van der Waals surface area contributed by atoms with Gasteiger partial charge in [0.05, 0.1) is 12.0 Å². The van der Waals surface area contributed by atoms with Crippen LogP contribution in [0.1, 0.15) is 20.3 Å². The number of amides is 1. The van der Waals surface area contributed by atoms with E-state index in [1.54, 1.807) is 42.5 Å². The fourth-order valence-corrected chi connectivity index (χ4v) is 4.47. The van der Waals surface area contributed by atoms with Gasteiger partial charge in [-0.3, -0.25) is 9.52 Å². The van der Waals surface area contributed by atoms with Gasteiger partial charge in [-0.2, -0.15) is 0 Å². The smallest absolute Gasteiger partial charge is 0.234 e. The van der Waals surface area contributed by atoms with E-state index in [1.165, 1.54) is 11.8 Å². The van der Waals surface area contributed by atoms with Crippen LogP contribution in [0.5, 0.6) is 0 Å². The molecule has 1 unspecified atom stereocenters. The van der Waals surface area contributed by atoms with E-state index in [0.29, 0.717) is 41.0 Å². The van der Waals surface area contributed by atoms with E-state index in [1.807, 2.05) is 24.5 Å². The molecule has 3 aromatic rings. The molecule has 34 heavy (non-hydrogen) atoms. The topological polar surface area (TPSA) is 138 Å². The van der Waals surface area contributed by atoms with Crippen molar-refractivity contribution in [3.63, 3.8) is 0 Å². The van der Waals surface area contributed by atoms with Crippen LogP contribution in [0.4, 0.5) is 17.1 Å². The highest BCUT2D eigenvalue weighted by Crippen LogP contribution is 2.25. The second kappa shape index (κ2) is 11.4. The molecule has 1 aromatic heterocycles. The Labute approximate surface area is 203 Å². The van der Waals surface area contributed by atoms with Gasteiger partial charge in [0.15, 0.2) is 11.0 Å². The fourth-order valence-electron chi connectivity index (χ4n) is 3.10. The van der Waals surface area contributed by atoms with Gasteiger partial charge in [0.25, 0.3) is 0 Å². The second-order valence-corrected chi connectivity index (χ2v) is 10.2. The number of sulfonamides is 1. The van der Waals surface area contributed by atoms with Crippen LogP contribution >= 0.6 is 11.8 Å². The Bertz CT molecular complexity index is 1230. The van der Waals surface area contributed by atoms with E-state index in [4.69, 9.17) is 0 Å². The first-order valence-corrected chi connectivity index (χ1v) is 13.5. The predicted octanol–water partition coefficient (Wildman–Crippen LogP) is 3.21. The lowest BCUT2D eigenvalue weighted by atomic mass is 10.2. The third-order valence-electron chi connectivity index (χ3n) is 4.68. The minimum absolute atomic E-state index is 0.143. The van der Waals surface area contributed by atoms with Crippen LogP contribution in [0.15, 0.2) is 53.7 Å². The number of anilines is 3. The van der Waals surface area contributed by atoms with Gasteiger partial charge in [-0.1, -0.05) is 24.8 Å². The number of rotatable bonds is 11. The van der Waals surface area contributed by atoms with Crippen LogP contribution < -0.4 is 15.4 Å². The molecule has 182 valence electrons. The van der Waals surface area contributed by atoms with Crippen molar-refractivity contribution in [1.29, 1.82) is 0 Å². The quantitative estimate of drug-likeness (QED) is 0.231. The highest BCUT2D eigenvalue weighted by atomic mass is 32.2. The zero-order valence-corrected chi connectivity index (χ0v) is 20.8. The van der Waals surface area contributed by atoms with Crippen molar-refractivity contribution in [2.24, 2.45) is 0 Å². The molecule has 0 aliphatic heterocycles. The predicted molar refractivity (Wildman–Crippen MR) is 135 cm³/mol. The summed E-state index contributed by atoms with van der Waals surface area (Å²) in [6.45, 7) is 4.43. The number of nitrogens with one attached hydrogen (secondary N) is 3. The third kappa shape index (κ3) is 7.20. The van der Waals surface area contributed by atoms with Crippen LogP contribution in [0, 0.1) is 0 Å². The van der Waals surface area contributed by atoms with Gasteiger partial charge < -0.3 is 20.3 Å². The van der Waals surface area contributed by atoms with Crippen molar-refractivity contribution in [3.05, 3.63) is 48.5 Å². The summed E-state index contributed by atoms with van der Waals surface area (Å²) in [4.78, 5) is 12.5. The highest BCUT2D eigenvalue weighted by Gasteiger charge is 2.15. The maximum Gasteiger partial charge on any atom is 0.234 e. The van der Waals surface area contributed by atoms with Crippen LogP contribution in [0.2, 0.25) is 0 Å². The van der Waals surface area contributed by atoms with Crippen molar-refractivity contribution in [2.45, 2.75) is 38.2 Å². The number of aliphatic hydroxyl groups is 1. The lowest BCUT2D eigenvalue weighted by Crippen LogP contribution is -2.18. The van der Waals surface area contributed by atoms with Gasteiger partial charge in [-0.05, 0) is 55.8 Å². The third-order valence-corrected chi connectivity index (χ3v) is 6.25. The van der Waals surface area contributed by atoms with Gasteiger partial charge in [-0.15, -0.1) is 10.2 Å². The number of hydrogen-bond donors (Lipinski definition) is 4. The molecule has 1 heterocycles. The fraction of sp³-hybridized carbons (Fsp3) is 0.318. The Morgan fingerprint density at radius 2 is 1.79 bits per heavy atom. The maximum absolute atomic E-state index is 12.5. The SMILES string of the molecule is CCC(O)Nc1cccc(NC(=O)CSc2nnc(-c3ccc(NS(C)(=O)=O)cc3)n2CC)c1. The number of nitrogens with zero attached hydrogens (tertiary/aromatic N) is 3. The minimum atomic E-state index is -3.35. The Hall–Kier alpha value is -3.09. The summed E-state index contributed by atoms with van der Waals surface area (Å²) in [6, 6.07) is 14.0. The molecule has 1 atom stereocenters. The summed E-state index contributed by atoms with van der Waals surface area (Å²) >= 11 is 1.27. The van der Waals surface area contributed by atoms with Crippen molar-refractivity contribution in [2.75, 3.05) is 27.4 Å². The minimum Gasteiger partial charge on any atom is -0.374 e. The molecule has 1 amide bonds. The molecule has 0 saturated heterocycles. The molecule has 2 aromatic carbocycles. The number of aliphatic hydroxyl groups excluding tert-OH is 1. The normalized spacial score (nSPS) is 12.2. The first kappa shape index (κ1) is 25.5. The van der Waals surface area contributed by atoms with E-state index in [2.05, 4.69) is 25.6 Å². The van der Waals surface area contributed by atoms with Gasteiger partial charge in [0.2, 0.25) is 15.9 Å². The van der Waals surface area contributed by atoms with Crippen LogP contribution in [0.25, 0.3) is 11.4 Å². The summed E-state index contributed by atoms with van der Waals surface area (Å²) < 4.78 is 27.1. The largest absolute Gasteiger partial charge is 0.374 e. The Morgan fingerprint density at radius 1 is 1.09 bits per heavy atom. The van der Waals surface area contributed by atoms with E-state index in [0.717, 1.165) is 11.8 Å². The first-order valence-electron chi connectivity index (χ1n) is 10.7. The van der Waals surface area contributed by atoms with Gasteiger partial charge in [0, 0.05) is 29.2 Å². The van der Waals surface area contributed by atoms with Crippen molar-refractivity contribution in [3.8, 4) is 11.4 Å². The Morgan fingerprint density at radius 3 is 2.44 bits per heavy atom. The monoisotopic (exact) mass is 504 g/mol. The maximum atomic E-state index is 12.5. The summed E-state index contributed by atoms with van der Waals surface area (Å²) in [5, 5.41) is 24.6. The molecule has 0 bridgehead atoms. The first-order chi connectivity index (χ1) is 16.2. The molecular formula is C22H28N6O4S2. The molecule has 3 rings (SSSR count). The summed E-state index contributed by atoms with van der Waals surface area (Å²) in [5.74, 6) is 0.580. The van der Waals surface area contributed by atoms with E-state index >= 15 is 0 Å². The van der Waals surface area contributed by atoms with Crippen molar-refractivity contribution >= 4 is 44.8 Å². The Kier molecular flexibility index (Phi) is 8.53. The van der Waals surface area contributed by atoms with Crippen LogP contribution in [-0.4, -0.2) is 52.4 Å². The molecular weight excluding hydrogens is 476 g/mol. The molecule has 0 fully saturated rings. The number of benzene rings is 2. The average Bonchev–Trinajstić information content (AvgIpc) is 3.20. The van der Waals surface area contributed by atoms with Crippen molar-refractivity contribution < 1.29 is 18.3 Å². The molecule has 10 nitrogen and oxygen atoms in total. The molecule has 12 heteroatoms. The zero-order chi connectivity index (χ0) is 24.7. The number of carbonyl (C=O) groups is 1. The highest BCUT2D eigenvalue weighted by molar-refractivity contribution is 7.99. The standard InChI is InChI=1S/C22H28N6O4S2/c1-4-19(29)23-17-7-6-8-18(13-17)24-20(30)14-33-22-26-25-21(28(22)5-2)15-9-11-16(12-10-15)27-34(3,31)32/h6-13,19,23,27,29H,4-5,14H2,1-3H3,(H,24,30).